The summed E-state index contributed by atoms with van der Waals surface area (Å²) in [6.07, 6.45) is 3.36. The Balaban J connectivity index is 1.38. The first-order chi connectivity index (χ1) is 11.2. The molecule has 0 aliphatic carbocycles. The minimum atomic E-state index is -0.231. The summed E-state index contributed by atoms with van der Waals surface area (Å²) in [5.41, 5.74) is 1.28. The van der Waals surface area contributed by atoms with Crippen LogP contribution in [0.3, 0.4) is 0 Å². The summed E-state index contributed by atoms with van der Waals surface area (Å²) in [6.45, 7) is 5.05. The average molecular weight is 320 g/mol. The van der Waals surface area contributed by atoms with Gasteiger partial charge in [0.1, 0.15) is 11.6 Å². The van der Waals surface area contributed by atoms with Crippen molar-refractivity contribution in [2.24, 2.45) is 0 Å². The zero-order valence-corrected chi connectivity index (χ0v) is 13.7. The van der Waals surface area contributed by atoms with E-state index in [1.54, 1.807) is 13.2 Å². The molecule has 4 rings (SSSR count). The quantitative estimate of drug-likeness (QED) is 0.925. The predicted molar refractivity (Wildman–Crippen MR) is 86.5 cm³/mol. The molecule has 3 aliphatic heterocycles. The third-order valence-electron chi connectivity index (χ3n) is 5.77. The van der Waals surface area contributed by atoms with Crippen LogP contribution in [0, 0.1) is 5.82 Å². The third-order valence-corrected chi connectivity index (χ3v) is 5.77. The Kier molecular flexibility index (Phi) is 4.03. The lowest BCUT2D eigenvalue weighted by Gasteiger charge is -2.40. The molecule has 0 bridgehead atoms. The van der Waals surface area contributed by atoms with Crippen LogP contribution in [-0.4, -0.2) is 56.4 Å². The van der Waals surface area contributed by atoms with E-state index in [1.165, 1.54) is 6.07 Å². The second-order valence-corrected chi connectivity index (χ2v) is 7.15. The van der Waals surface area contributed by atoms with Crippen LogP contribution in [0.15, 0.2) is 18.2 Å². The van der Waals surface area contributed by atoms with Crippen molar-refractivity contribution < 1.29 is 13.9 Å². The van der Waals surface area contributed by atoms with Gasteiger partial charge in [-0.1, -0.05) is 6.07 Å². The zero-order valence-electron chi connectivity index (χ0n) is 13.7. The molecule has 0 unspecified atom stereocenters. The predicted octanol–water partition coefficient (Wildman–Crippen LogP) is 2.14. The van der Waals surface area contributed by atoms with Gasteiger partial charge in [0, 0.05) is 25.2 Å². The minimum absolute atomic E-state index is 0.127. The van der Waals surface area contributed by atoms with Crippen LogP contribution in [0.4, 0.5) is 4.39 Å². The first-order valence-corrected chi connectivity index (χ1v) is 8.61. The molecule has 0 aromatic heterocycles. The van der Waals surface area contributed by atoms with Crippen LogP contribution < -0.4 is 10.1 Å². The fraction of sp³-hybridized carbons (Fsp3) is 0.667. The van der Waals surface area contributed by atoms with E-state index < -0.39 is 0 Å². The number of hydrogen-bond donors (Lipinski definition) is 1. The number of nitrogens with zero attached hydrogens (tertiary/aromatic N) is 1. The van der Waals surface area contributed by atoms with E-state index in [2.05, 4.69) is 10.2 Å². The Hall–Kier alpha value is -1.17. The maximum absolute atomic E-state index is 13.4. The van der Waals surface area contributed by atoms with Gasteiger partial charge in [-0.3, -0.25) is 4.90 Å². The average Bonchev–Trinajstić information content (AvgIpc) is 3.01. The van der Waals surface area contributed by atoms with Crippen LogP contribution in [0.1, 0.15) is 30.7 Å². The van der Waals surface area contributed by atoms with E-state index in [9.17, 15) is 4.39 Å². The molecule has 3 heterocycles. The van der Waals surface area contributed by atoms with Crippen molar-refractivity contribution in [2.75, 3.05) is 39.9 Å². The van der Waals surface area contributed by atoms with Crippen LogP contribution >= 0.6 is 0 Å². The van der Waals surface area contributed by atoms with Crippen LogP contribution in [-0.2, 0) is 4.74 Å². The summed E-state index contributed by atoms with van der Waals surface area (Å²) >= 11 is 0. The summed E-state index contributed by atoms with van der Waals surface area (Å²) in [5, 5.41) is 3.33. The Labute approximate surface area is 136 Å². The number of nitrogens with one attached hydrogen (secondary N) is 1. The highest BCUT2D eigenvalue weighted by molar-refractivity contribution is 5.37. The van der Waals surface area contributed by atoms with E-state index in [0.29, 0.717) is 17.7 Å². The number of benzene rings is 1. The number of piperidine rings is 1. The Morgan fingerprint density at radius 2 is 2.09 bits per heavy atom. The summed E-state index contributed by atoms with van der Waals surface area (Å²) in [5.74, 6) is 0.918. The van der Waals surface area contributed by atoms with E-state index in [-0.39, 0.29) is 11.4 Å². The molecule has 3 fully saturated rings. The molecule has 3 saturated heterocycles. The summed E-state index contributed by atoms with van der Waals surface area (Å²) in [7, 11) is 1.62. The Morgan fingerprint density at radius 3 is 2.70 bits per heavy atom. The fourth-order valence-corrected chi connectivity index (χ4v) is 4.30. The highest BCUT2D eigenvalue weighted by Crippen LogP contribution is 2.38. The molecule has 1 aromatic carbocycles. The zero-order chi connectivity index (χ0) is 15.9. The normalized spacial score (nSPS) is 28.0. The molecule has 5 heteroatoms. The van der Waals surface area contributed by atoms with Gasteiger partial charge >= 0.3 is 0 Å². The van der Waals surface area contributed by atoms with Crippen LogP contribution in [0.25, 0.3) is 0 Å². The lowest BCUT2D eigenvalue weighted by molar-refractivity contribution is -0.0367. The van der Waals surface area contributed by atoms with E-state index in [4.69, 9.17) is 9.47 Å². The van der Waals surface area contributed by atoms with Gasteiger partial charge in [0.25, 0.3) is 0 Å². The monoisotopic (exact) mass is 320 g/mol. The lowest BCUT2D eigenvalue weighted by atomic mass is 9.86. The number of ether oxygens (including phenoxy) is 2. The maximum Gasteiger partial charge on any atom is 0.126 e. The fourth-order valence-electron chi connectivity index (χ4n) is 4.30. The second-order valence-electron chi connectivity index (χ2n) is 7.15. The molecule has 0 radical (unpaired) electrons. The van der Waals surface area contributed by atoms with Gasteiger partial charge in [-0.15, -0.1) is 0 Å². The third kappa shape index (κ3) is 2.86. The molecule has 3 aliphatic rings. The molecule has 4 nitrogen and oxygen atoms in total. The molecule has 0 saturated carbocycles. The topological polar surface area (TPSA) is 33.7 Å². The summed E-state index contributed by atoms with van der Waals surface area (Å²) < 4.78 is 24.8. The van der Waals surface area contributed by atoms with Crippen molar-refractivity contribution in [1.29, 1.82) is 0 Å². The molecule has 1 spiro atoms. The number of halogens is 1. The molecular weight excluding hydrogens is 295 g/mol. The van der Waals surface area contributed by atoms with Gasteiger partial charge in [0.15, 0.2) is 0 Å². The smallest absolute Gasteiger partial charge is 0.126 e. The number of methoxy groups -OCH3 is 1. The van der Waals surface area contributed by atoms with Crippen molar-refractivity contribution >= 4 is 0 Å². The van der Waals surface area contributed by atoms with Crippen LogP contribution in [0.5, 0.6) is 5.75 Å². The van der Waals surface area contributed by atoms with Crippen molar-refractivity contribution in [2.45, 2.75) is 36.8 Å². The molecule has 1 N–H and O–H groups in total. The van der Waals surface area contributed by atoms with Crippen LogP contribution in [0.2, 0.25) is 0 Å². The first kappa shape index (κ1) is 15.4. The first-order valence-electron chi connectivity index (χ1n) is 8.61. The highest BCUT2D eigenvalue weighted by Gasteiger charge is 2.47. The highest BCUT2D eigenvalue weighted by atomic mass is 19.1. The van der Waals surface area contributed by atoms with Crippen molar-refractivity contribution in [3.8, 4) is 5.75 Å². The largest absolute Gasteiger partial charge is 0.496 e. The van der Waals surface area contributed by atoms with Gasteiger partial charge < -0.3 is 14.8 Å². The molecule has 1 aromatic rings. The minimum Gasteiger partial charge on any atom is -0.496 e. The van der Waals surface area contributed by atoms with E-state index >= 15 is 0 Å². The van der Waals surface area contributed by atoms with Crippen molar-refractivity contribution in [1.82, 2.24) is 10.2 Å². The number of likely N-dealkylation sites (tertiary alicyclic amines) is 1. The summed E-state index contributed by atoms with van der Waals surface area (Å²) in [6, 6.07) is 5.50. The second kappa shape index (κ2) is 6.04. The number of rotatable bonds is 3. The van der Waals surface area contributed by atoms with Gasteiger partial charge in [-0.2, -0.15) is 0 Å². The number of hydrogen-bond acceptors (Lipinski definition) is 4. The molecule has 126 valence electrons. The van der Waals surface area contributed by atoms with Gasteiger partial charge in [0.05, 0.1) is 19.3 Å². The molecule has 23 heavy (non-hydrogen) atoms. The van der Waals surface area contributed by atoms with Crippen molar-refractivity contribution in [3.63, 3.8) is 0 Å². The van der Waals surface area contributed by atoms with Gasteiger partial charge in [-0.25, -0.2) is 4.39 Å². The van der Waals surface area contributed by atoms with E-state index in [0.717, 1.165) is 57.6 Å². The van der Waals surface area contributed by atoms with Gasteiger partial charge in [0.2, 0.25) is 0 Å². The molecule has 0 amide bonds. The standard InChI is InChI=1S/C18H25FN2O2/c1-22-17-8-14(19)2-3-16(17)13-4-6-21(7-5-13)15-9-18(23-10-15)11-20-12-18/h2-3,8,13,15,20H,4-7,9-12H2,1H3/t15-/m0/s1. The Bertz CT molecular complexity index is 568. The Morgan fingerprint density at radius 1 is 1.30 bits per heavy atom. The van der Waals surface area contributed by atoms with Crippen molar-refractivity contribution in [3.05, 3.63) is 29.6 Å². The maximum atomic E-state index is 13.4. The molecule has 1 atom stereocenters. The SMILES string of the molecule is COc1cc(F)ccc1C1CCN([C@@H]2COC3(CNC3)C2)CC1. The molecular formula is C18H25FN2O2. The summed E-state index contributed by atoms with van der Waals surface area (Å²) in [4.78, 5) is 2.58. The van der Waals surface area contributed by atoms with E-state index in [1.807, 2.05) is 6.07 Å². The van der Waals surface area contributed by atoms with Gasteiger partial charge in [-0.05, 0) is 49.9 Å². The lowest BCUT2D eigenvalue weighted by Crippen LogP contribution is -2.59.